The number of halogens is 2. The minimum atomic E-state index is -1.70. The largest absolute Gasteiger partial charge is 0.332 e. The number of hydrogen-bond donors (Lipinski definition) is 0. The van der Waals surface area contributed by atoms with Gasteiger partial charge >= 0.3 is 6.03 Å². The monoisotopic (exact) mass is 545 g/mol. The van der Waals surface area contributed by atoms with Crippen LogP contribution in [0.25, 0.3) is 0 Å². The van der Waals surface area contributed by atoms with Gasteiger partial charge in [0.1, 0.15) is 11.4 Å². The Labute approximate surface area is 229 Å². The molecule has 7 nitrogen and oxygen atoms in total. The van der Waals surface area contributed by atoms with Crippen LogP contribution in [0.2, 0.25) is 5.02 Å². The minimum absolute atomic E-state index is 0.0132. The summed E-state index contributed by atoms with van der Waals surface area (Å²) in [5, 5.41) is 0.495. The normalized spacial score (nSPS) is 26.1. The first-order valence-corrected chi connectivity index (χ1v) is 13.2. The van der Waals surface area contributed by atoms with E-state index in [1.807, 2.05) is 31.2 Å². The van der Waals surface area contributed by atoms with Crippen molar-refractivity contribution < 1.29 is 23.6 Å². The molecule has 0 spiro atoms. The van der Waals surface area contributed by atoms with Crippen molar-refractivity contribution in [2.45, 2.75) is 31.8 Å². The maximum Gasteiger partial charge on any atom is 0.332 e. The smallest absolute Gasteiger partial charge is 0.300 e. The quantitative estimate of drug-likeness (QED) is 0.337. The fraction of sp³-hybridized carbons (Fsp3) is 0.267. The lowest BCUT2D eigenvalue weighted by Gasteiger charge is -2.35. The van der Waals surface area contributed by atoms with Crippen LogP contribution in [0, 0.1) is 24.6 Å². The molecule has 3 fully saturated rings. The molecule has 0 aliphatic carbocycles. The van der Waals surface area contributed by atoms with Crippen molar-refractivity contribution in [1.29, 1.82) is 0 Å². The molecule has 0 aromatic heterocycles. The second kappa shape index (κ2) is 9.02. The van der Waals surface area contributed by atoms with Gasteiger partial charge in [-0.05, 0) is 55.3 Å². The van der Waals surface area contributed by atoms with E-state index in [1.165, 1.54) is 28.0 Å². The third-order valence-electron chi connectivity index (χ3n) is 8.16. The van der Waals surface area contributed by atoms with Crippen molar-refractivity contribution in [3.63, 3.8) is 0 Å². The molecule has 3 heterocycles. The van der Waals surface area contributed by atoms with E-state index in [9.17, 15) is 23.6 Å². The van der Waals surface area contributed by atoms with Crippen molar-refractivity contribution in [3.05, 3.63) is 100 Å². The summed E-state index contributed by atoms with van der Waals surface area (Å²) in [5.41, 5.74) is 0.668. The molecule has 198 valence electrons. The standard InChI is InChI=1S/C30H25ClFN3O4/c1-3-33-26(36)23-24(27(33)37)30(16-18-9-13-20(31)14-10-18)28(38)34(22-6-4-5-21(32)15-22)29(39)35(30)25(23)19-11-7-17(2)8-12-19/h4-15,23-25H,3,16H2,1-2H3/t23?,24?,25?,30-/m1/s1. The van der Waals surface area contributed by atoms with Crippen LogP contribution in [0.1, 0.15) is 29.7 Å². The summed E-state index contributed by atoms with van der Waals surface area (Å²) in [5.74, 6) is -4.19. The Balaban J connectivity index is 1.61. The fourth-order valence-corrected chi connectivity index (χ4v) is 6.63. The van der Waals surface area contributed by atoms with E-state index < -0.39 is 53.0 Å². The maximum atomic E-state index is 14.6. The summed E-state index contributed by atoms with van der Waals surface area (Å²) in [6.07, 6.45) is -0.0132. The highest BCUT2D eigenvalue weighted by molar-refractivity contribution is 6.30. The zero-order valence-corrected chi connectivity index (χ0v) is 22.1. The molecular weight excluding hydrogens is 521 g/mol. The van der Waals surface area contributed by atoms with E-state index in [1.54, 1.807) is 31.2 Å². The van der Waals surface area contributed by atoms with Gasteiger partial charge in [0.15, 0.2) is 0 Å². The Morgan fingerprint density at radius 1 is 0.923 bits per heavy atom. The van der Waals surface area contributed by atoms with Crippen LogP contribution >= 0.6 is 11.6 Å². The maximum absolute atomic E-state index is 14.6. The molecule has 3 aliphatic rings. The summed E-state index contributed by atoms with van der Waals surface area (Å²) in [6.45, 7) is 3.78. The van der Waals surface area contributed by atoms with Gasteiger partial charge in [-0.1, -0.05) is 59.6 Å². The molecule has 3 aromatic carbocycles. The van der Waals surface area contributed by atoms with Gasteiger partial charge in [-0.25, -0.2) is 14.1 Å². The number of rotatable bonds is 5. The molecule has 0 N–H and O–H groups in total. The van der Waals surface area contributed by atoms with Crippen LogP contribution in [0.3, 0.4) is 0 Å². The van der Waals surface area contributed by atoms with Gasteiger partial charge in [0.25, 0.3) is 5.91 Å². The van der Waals surface area contributed by atoms with E-state index in [4.69, 9.17) is 11.6 Å². The highest BCUT2D eigenvalue weighted by atomic mass is 35.5. The van der Waals surface area contributed by atoms with Gasteiger partial charge in [-0.15, -0.1) is 0 Å². The number of nitrogens with zero attached hydrogens (tertiary/aromatic N) is 3. The zero-order valence-electron chi connectivity index (χ0n) is 21.3. The summed E-state index contributed by atoms with van der Waals surface area (Å²) in [7, 11) is 0. The predicted molar refractivity (Wildman–Crippen MR) is 142 cm³/mol. The topological polar surface area (TPSA) is 78.0 Å². The molecule has 3 aliphatic heterocycles. The van der Waals surface area contributed by atoms with Crippen molar-refractivity contribution in [1.82, 2.24) is 9.80 Å². The lowest BCUT2D eigenvalue weighted by atomic mass is 9.75. The van der Waals surface area contributed by atoms with E-state index in [0.717, 1.165) is 16.5 Å². The number of hydrogen-bond acceptors (Lipinski definition) is 4. The molecule has 6 rings (SSSR count). The Morgan fingerprint density at radius 2 is 1.62 bits per heavy atom. The third kappa shape index (κ3) is 3.54. The SMILES string of the molecule is CCN1C(=O)C2C(c3ccc(C)cc3)N3C(=O)N(c4cccc(F)c4)C(=O)[C@@]3(Cc3ccc(Cl)cc3)C2C1=O. The Kier molecular flexibility index (Phi) is 5.84. The van der Waals surface area contributed by atoms with Gasteiger partial charge in [0.05, 0.1) is 23.6 Å². The second-order valence-corrected chi connectivity index (χ2v) is 10.7. The molecule has 39 heavy (non-hydrogen) atoms. The van der Waals surface area contributed by atoms with Crippen LogP contribution < -0.4 is 4.90 Å². The van der Waals surface area contributed by atoms with Crippen LogP contribution in [0.5, 0.6) is 0 Å². The van der Waals surface area contributed by atoms with E-state index in [2.05, 4.69) is 0 Å². The Morgan fingerprint density at radius 3 is 2.26 bits per heavy atom. The first-order chi connectivity index (χ1) is 18.7. The molecule has 4 atom stereocenters. The minimum Gasteiger partial charge on any atom is -0.300 e. The predicted octanol–water partition coefficient (Wildman–Crippen LogP) is 4.91. The first kappa shape index (κ1) is 25.2. The average molecular weight is 546 g/mol. The number of carbonyl (C=O) groups excluding carboxylic acids is 4. The van der Waals surface area contributed by atoms with Gasteiger partial charge in [-0.3, -0.25) is 19.3 Å². The van der Waals surface area contributed by atoms with Gasteiger partial charge in [0.2, 0.25) is 11.8 Å². The van der Waals surface area contributed by atoms with Crippen molar-refractivity contribution in [3.8, 4) is 0 Å². The number of urea groups is 1. The number of carbonyl (C=O) groups is 4. The van der Waals surface area contributed by atoms with E-state index in [-0.39, 0.29) is 18.7 Å². The molecule has 0 saturated carbocycles. The lowest BCUT2D eigenvalue weighted by Crippen LogP contribution is -2.55. The molecule has 3 saturated heterocycles. The molecule has 5 amide bonds. The first-order valence-electron chi connectivity index (χ1n) is 12.8. The van der Waals surface area contributed by atoms with E-state index >= 15 is 0 Å². The van der Waals surface area contributed by atoms with Gasteiger partial charge in [-0.2, -0.15) is 0 Å². The molecule has 3 aromatic rings. The number of aryl methyl sites for hydroxylation is 1. The highest BCUT2D eigenvalue weighted by Crippen LogP contribution is 2.59. The zero-order chi connectivity index (χ0) is 27.6. The summed E-state index contributed by atoms with van der Waals surface area (Å²) in [4.78, 5) is 60.0. The number of likely N-dealkylation sites (tertiary alicyclic amines) is 1. The highest BCUT2D eigenvalue weighted by Gasteiger charge is 2.77. The number of amides is 5. The fourth-order valence-electron chi connectivity index (χ4n) is 6.50. The Bertz CT molecular complexity index is 1530. The van der Waals surface area contributed by atoms with Crippen LogP contribution in [0.15, 0.2) is 72.8 Å². The van der Waals surface area contributed by atoms with Crippen molar-refractivity contribution in [2.75, 3.05) is 11.4 Å². The number of fused-ring (bicyclic) bond motifs is 3. The number of anilines is 1. The van der Waals surface area contributed by atoms with Gasteiger partial charge < -0.3 is 4.90 Å². The lowest BCUT2D eigenvalue weighted by molar-refractivity contribution is -0.144. The second-order valence-electron chi connectivity index (χ2n) is 10.3. The summed E-state index contributed by atoms with van der Waals surface area (Å²) >= 11 is 6.11. The number of benzene rings is 3. The third-order valence-corrected chi connectivity index (χ3v) is 8.42. The average Bonchev–Trinajstić information content (AvgIpc) is 3.43. The molecule has 3 unspecified atom stereocenters. The van der Waals surface area contributed by atoms with Gasteiger partial charge in [0, 0.05) is 18.0 Å². The summed E-state index contributed by atoms with van der Waals surface area (Å²) in [6, 6.07) is 17.9. The summed E-state index contributed by atoms with van der Waals surface area (Å²) < 4.78 is 14.3. The van der Waals surface area contributed by atoms with Crippen molar-refractivity contribution >= 4 is 41.0 Å². The van der Waals surface area contributed by atoms with Crippen molar-refractivity contribution in [2.24, 2.45) is 11.8 Å². The molecular formula is C30H25ClFN3O4. The molecule has 9 heteroatoms. The number of imide groups is 2. The molecule has 0 bridgehead atoms. The van der Waals surface area contributed by atoms with Crippen LogP contribution in [-0.2, 0) is 20.8 Å². The Hall–Kier alpha value is -4.04. The van der Waals surface area contributed by atoms with Crippen LogP contribution in [-0.4, -0.2) is 45.6 Å². The van der Waals surface area contributed by atoms with E-state index in [0.29, 0.717) is 16.1 Å². The van der Waals surface area contributed by atoms with Crippen LogP contribution in [0.4, 0.5) is 14.9 Å². The molecule has 0 radical (unpaired) electrons.